The molecule has 9 N–H and O–H groups in total. The standard InChI is InChI=1S/C46H85NO13/c1-3-5-7-9-11-13-14-15-16-17-18-19-20-21-22-24-26-28-30-38(51)47-34(35(50)29-27-25-23-12-10-8-6-4-2)33-57-45-43(56)41(54)44(37(32-49)59-45)60-46-42(55)40(53)39(52)36(31-48)58-46/h13-14,16-17,34-37,39-46,48-50,52-56H,3-12,15,18-33H2,1-2H3,(H,47,51)/b14-13-,17-16-. The number of hydrogen-bond donors (Lipinski definition) is 9. The van der Waals surface area contributed by atoms with Crippen LogP contribution in [0.15, 0.2) is 24.3 Å². The summed E-state index contributed by atoms with van der Waals surface area (Å²) in [6.45, 7) is 2.77. The SMILES string of the molecule is CCCCCC/C=C\C/C=C\CCCCCCCCCC(=O)NC(COC1OC(CO)C(OC2OC(CO)C(O)C(O)C2O)C(O)C1O)C(O)CCCCCCCCCC. The van der Waals surface area contributed by atoms with E-state index in [1.807, 2.05) is 0 Å². The predicted octanol–water partition coefficient (Wildman–Crippen LogP) is 4.99. The van der Waals surface area contributed by atoms with Gasteiger partial charge in [0, 0.05) is 6.42 Å². The maximum absolute atomic E-state index is 13.1. The van der Waals surface area contributed by atoms with Gasteiger partial charge in [0.25, 0.3) is 0 Å². The molecular formula is C46H85NO13. The molecular weight excluding hydrogens is 774 g/mol. The lowest BCUT2D eigenvalue weighted by atomic mass is 9.97. The summed E-state index contributed by atoms with van der Waals surface area (Å²) in [6, 6.07) is -0.828. The van der Waals surface area contributed by atoms with E-state index in [4.69, 9.17) is 18.9 Å². The third kappa shape index (κ3) is 21.7. The number of ether oxygens (including phenoxy) is 4. The van der Waals surface area contributed by atoms with Gasteiger partial charge in [0.15, 0.2) is 12.6 Å². The van der Waals surface area contributed by atoms with E-state index in [-0.39, 0.29) is 12.5 Å². The number of carbonyl (C=O) groups is 1. The lowest BCUT2D eigenvalue weighted by Gasteiger charge is -2.46. The minimum Gasteiger partial charge on any atom is -0.394 e. The second-order valence-electron chi connectivity index (χ2n) is 16.9. The molecule has 0 saturated carbocycles. The van der Waals surface area contributed by atoms with Crippen molar-refractivity contribution in [1.29, 1.82) is 0 Å². The summed E-state index contributed by atoms with van der Waals surface area (Å²) in [6.07, 6.45) is 17.7. The van der Waals surface area contributed by atoms with Gasteiger partial charge in [-0.3, -0.25) is 4.79 Å². The van der Waals surface area contributed by atoms with Crippen molar-refractivity contribution in [2.24, 2.45) is 0 Å². The maximum Gasteiger partial charge on any atom is 0.220 e. The van der Waals surface area contributed by atoms with Crippen molar-refractivity contribution in [2.45, 2.75) is 242 Å². The number of amides is 1. The molecule has 2 heterocycles. The van der Waals surface area contributed by atoms with Crippen LogP contribution in [-0.4, -0.2) is 140 Å². The molecule has 1 amide bonds. The predicted molar refractivity (Wildman–Crippen MR) is 231 cm³/mol. The highest BCUT2D eigenvalue weighted by molar-refractivity contribution is 5.76. The van der Waals surface area contributed by atoms with Crippen molar-refractivity contribution in [3.8, 4) is 0 Å². The third-order valence-corrected chi connectivity index (χ3v) is 11.7. The zero-order valence-corrected chi connectivity index (χ0v) is 36.9. The molecule has 12 unspecified atom stereocenters. The quantitative estimate of drug-likeness (QED) is 0.0303. The fourth-order valence-electron chi connectivity index (χ4n) is 7.74. The minimum atomic E-state index is -1.78. The Kier molecular flexibility index (Phi) is 30.9. The molecule has 60 heavy (non-hydrogen) atoms. The number of rotatable bonds is 35. The van der Waals surface area contributed by atoms with E-state index in [2.05, 4.69) is 43.5 Å². The Morgan fingerprint density at radius 2 is 1.10 bits per heavy atom. The second kappa shape index (κ2) is 34.0. The number of aliphatic hydroxyl groups excluding tert-OH is 8. The Balaban J connectivity index is 1.82. The molecule has 0 aromatic carbocycles. The first kappa shape index (κ1) is 54.6. The molecule has 2 aliphatic heterocycles. The molecule has 2 rings (SSSR count). The van der Waals surface area contributed by atoms with Crippen LogP contribution < -0.4 is 5.32 Å². The smallest absolute Gasteiger partial charge is 0.220 e. The first-order chi connectivity index (χ1) is 29.1. The fourth-order valence-corrected chi connectivity index (χ4v) is 7.74. The van der Waals surface area contributed by atoms with Crippen molar-refractivity contribution in [2.75, 3.05) is 19.8 Å². The van der Waals surface area contributed by atoms with Crippen molar-refractivity contribution in [3.05, 3.63) is 24.3 Å². The Hall–Kier alpha value is -1.53. The third-order valence-electron chi connectivity index (χ3n) is 11.7. The van der Waals surface area contributed by atoms with Crippen LogP contribution >= 0.6 is 0 Å². The molecule has 12 atom stereocenters. The van der Waals surface area contributed by atoms with Crippen LogP contribution in [0.5, 0.6) is 0 Å². The zero-order chi connectivity index (χ0) is 44.0. The van der Waals surface area contributed by atoms with Crippen LogP contribution in [0.2, 0.25) is 0 Å². The zero-order valence-electron chi connectivity index (χ0n) is 36.9. The summed E-state index contributed by atoms with van der Waals surface area (Å²) < 4.78 is 22.6. The van der Waals surface area contributed by atoms with Crippen molar-refractivity contribution < 1.29 is 64.6 Å². The number of nitrogens with one attached hydrogen (secondary N) is 1. The lowest BCUT2D eigenvalue weighted by molar-refractivity contribution is -0.359. The van der Waals surface area contributed by atoms with E-state index in [0.29, 0.717) is 19.3 Å². The van der Waals surface area contributed by atoms with Gasteiger partial charge in [0.1, 0.15) is 48.8 Å². The highest BCUT2D eigenvalue weighted by Crippen LogP contribution is 2.30. The molecule has 2 fully saturated rings. The monoisotopic (exact) mass is 860 g/mol. The van der Waals surface area contributed by atoms with Gasteiger partial charge in [-0.2, -0.15) is 0 Å². The van der Waals surface area contributed by atoms with E-state index in [9.17, 15) is 45.6 Å². The molecule has 0 aromatic heterocycles. The van der Waals surface area contributed by atoms with Gasteiger partial charge in [-0.1, -0.05) is 141 Å². The van der Waals surface area contributed by atoms with E-state index in [1.165, 1.54) is 77.0 Å². The molecule has 0 radical (unpaired) electrons. The molecule has 2 saturated heterocycles. The van der Waals surface area contributed by atoms with Gasteiger partial charge in [0.05, 0.1) is 32.0 Å². The number of hydrogen-bond acceptors (Lipinski definition) is 13. The van der Waals surface area contributed by atoms with Gasteiger partial charge >= 0.3 is 0 Å². The fraction of sp³-hybridized carbons (Fsp3) is 0.891. The molecule has 0 spiro atoms. The van der Waals surface area contributed by atoms with Crippen molar-refractivity contribution >= 4 is 5.91 Å². The van der Waals surface area contributed by atoms with Crippen LogP contribution in [0.1, 0.15) is 168 Å². The van der Waals surface area contributed by atoms with Crippen molar-refractivity contribution in [3.63, 3.8) is 0 Å². The Morgan fingerprint density at radius 3 is 1.68 bits per heavy atom. The Morgan fingerprint density at radius 1 is 0.600 bits per heavy atom. The molecule has 14 nitrogen and oxygen atoms in total. The van der Waals surface area contributed by atoms with Crippen LogP contribution in [0, 0.1) is 0 Å². The van der Waals surface area contributed by atoms with Gasteiger partial charge < -0.3 is 65.1 Å². The van der Waals surface area contributed by atoms with Gasteiger partial charge in [-0.15, -0.1) is 0 Å². The van der Waals surface area contributed by atoms with Crippen LogP contribution in [0.4, 0.5) is 0 Å². The highest BCUT2D eigenvalue weighted by atomic mass is 16.7. The van der Waals surface area contributed by atoms with Crippen molar-refractivity contribution in [1.82, 2.24) is 5.32 Å². The highest BCUT2D eigenvalue weighted by Gasteiger charge is 2.51. The first-order valence-electron chi connectivity index (χ1n) is 23.6. The van der Waals surface area contributed by atoms with E-state index in [1.54, 1.807) is 0 Å². The molecule has 352 valence electrons. The largest absolute Gasteiger partial charge is 0.394 e. The summed E-state index contributed by atoms with van der Waals surface area (Å²) in [7, 11) is 0. The normalized spacial score (nSPS) is 28.4. The Labute approximate surface area is 360 Å². The maximum atomic E-state index is 13.1. The van der Waals surface area contributed by atoms with Crippen LogP contribution in [0.3, 0.4) is 0 Å². The van der Waals surface area contributed by atoms with E-state index in [0.717, 1.165) is 57.8 Å². The lowest BCUT2D eigenvalue weighted by Crippen LogP contribution is -2.65. The molecule has 14 heteroatoms. The number of carbonyl (C=O) groups excluding carboxylic acids is 1. The van der Waals surface area contributed by atoms with Gasteiger partial charge in [-0.25, -0.2) is 0 Å². The second-order valence-corrected chi connectivity index (χ2v) is 16.9. The summed E-state index contributed by atoms with van der Waals surface area (Å²) >= 11 is 0. The topological polar surface area (TPSA) is 228 Å². The summed E-state index contributed by atoms with van der Waals surface area (Å²) in [5.74, 6) is -0.219. The van der Waals surface area contributed by atoms with Crippen LogP contribution in [0.25, 0.3) is 0 Å². The van der Waals surface area contributed by atoms with E-state index < -0.39 is 86.8 Å². The summed E-state index contributed by atoms with van der Waals surface area (Å²) in [5.41, 5.74) is 0. The number of allylic oxidation sites excluding steroid dienone is 4. The average molecular weight is 860 g/mol. The summed E-state index contributed by atoms with van der Waals surface area (Å²) in [5, 5.41) is 86.5. The first-order valence-corrected chi connectivity index (χ1v) is 23.6. The minimum absolute atomic E-state index is 0.219. The Bertz CT molecular complexity index is 1110. The molecule has 0 aliphatic carbocycles. The number of aliphatic hydroxyl groups is 8. The van der Waals surface area contributed by atoms with Gasteiger partial charge in [-0.05, 0) is 44.9 Å². The van der Waals surface area contributed by atoms with E-state index >= 15 is 0 Å². The summed E-state index contributed by atoms with van der Waals surface area (Å²) in [4.78, 5) is 13.1. The molecule has 2 aliphatic rings. The average Bonchev–Trinajstić information content (AvgIpc) is 3.24. The molecule has 0 aromatic rings. The van der Waals surface area contributed by atoms with Crippen LogP contribution in [-0.2, 0) is 23.7 Å². The van der Waals surface area contributed by atoms with Gasteiger partial charge in [0.2, 0.25) is 5.91 Å². The molecule has 0 bridgehead atoms. The number of unbranched alkanes of at least 4 members (excludes halogenated alkanes) is 18.